The minimum absolute atomic E-state index is 0.00952. The lowest BCUT2D eigenvalue weighted by atomic mass is 10.0. The molecular formula is C16H12O2. The smallest absolute Gasteiger partial charge is 0.202 e. The van der Waals surface area contributed by atoms with Crippen LogP contribution in [0, 0.1) is 0 Å². The van der Waals surface area contributed by atoms with Crippen molar-refractivity contribution in [3.05, 3.63) is 72.2 Å². The van der Waals surface area contributed by atoms with Gasteiger partial charge in [0.15, 0.2) is 5.76 Å². The number of Topliss-reactive ketones (excluding diaryl/α,β-unsaturated/α-hetero) is 1. The van der Waals surface area contributed by atoms with E-state index in [1.165, 1.54) is 11.6 Å². The molecule has 0 N–H and O–H groups in total. The molecule has 0 atom stereocenters. The Morgan fingerprint density at radius 3 is 2.56 bits per heavy atom. The van der Waals surface area contributed by atoms with Crippen LogP contribution in [0.2, 0.25) is 0 Å². The van der Waals surface area contributed by atoms with E-state index in [1.54, 1.807) is 12.1 Å². The van der Waals surface area contributed by atoms with Gasteiger partial charge in [-0.3, -0.25) is 4.79 Å². The minimum atomic E-state index is 0.00952. The summed E-state index contributed by atoms with van der Waals surface area (Å²) in [4.78, 5) is 11.9. The molecule has 0 aliphatic carbocycles. The molecule has 2 heteroatoms. The van der Waals surface area contributed by atoms with E-state index in [0.717, 1.165) is 10.9 Å². The summed E-state index contributed by atoms with van der Waals surface area (Å²) in [7, 11) is 0. The fourth-order valence-electron chi connectivity index (χ4n) is 2.06. The predicted octanol–water partition coefficient (Wildman–Crippen LogP) is 3.86. The van der Waals surface area contributed by atoms with Gasteiger partial charge in [0.25, 0.3) is 0 Å². The van der Waals surface area contributed by atoms with Crippen LogP contribution >= 0.6 is 0 Å². The quantitative estimate of drug-likeness (QED) is 0.646. The van der Waals surface area contributed by atoms with Crippen LogP contribution in [0.5, 0.6) is 0 Å². The van der Waals surface area contributed by atoms with Crippen LogP contribution in [0.25, 0.3) is 10.8 Å². The Labute approximate surface area is 105 Å². The second-order valence-electron chi connectivity index (χ2n) is 4.26. The SMILES string of the molecule is O=C(Cc1ccc2ccccc2c1)c1ccco1. The lowest BCUT2D eigenvalue weighted by molar-refractivity contribution is 0.0966. The molecule has 1 heterocycles. The molecule has 2 aromatic carbocycles. The highest BCUT2D eigenvalue weighted by molar-refractivity contribution is 5.95. The molecule has 3 rings (SSSR count). The van der Waals surface area contributed by atoms with Crippen molar-refractivity contribution in [3.8, 4) is 0 Å². The molecule has 0 aliphatic rings. The molecule has 0 fully saturated rings. The molecule has 1 aromatic heterocycles. The number of carbonyl (C=O) groups is 1. The van der Waals surface area contributed by atoms with Gasteiger partial charge in [-0.05, 0) is 28.5 Å². The number of ketones is 1. The maximum absolute atomic E-state index is 11.9. The van der Waals surface area contributed by atoms with Crippen molar-refractivity contribution in [2.24, 2.45) is 0 Å². The van der Waals surface area contributed by atoms with Crippen molar-refractivity contribution in [2.45, 2.75) is 6.42 Å². The molecule has 2 nitrogen and oxygen atoms in total. The first-order valence-electron chi connectivity index (χ1n) is 5.87. The number of furan rings is 1. The molecule has 0 amide bonds. The number of fused-ring (bicyclic) bond motifs is 1. The molecule has 0 aliphatic heterocycles. The number of benzene rings is 2. The molecule has 0 saturated carbocycles. The average Bonchev–Trinajstić information content (AvgIpc) is 2.92. The summed E-state index contributed by atoms with van der Waals surface area (Å²) in [5.41, 5.74) is 1.01. The van der Waals surface area contributed by atoms with Crippen molar-refractivity contribution in [2.75, 3.05) is 0 Å². The Morgan fingerprint density at radius 1 is 0.944 bits per heavy atom. The number of hydrogen-bond donors (Lipinski definition) is 0. The van der Waals surface area contributed by atoms with E-state index < -0.39 is 0 Å². The monoisotopic (exact) mass is 236 g/mol. The Bertz CT molecular complexity index is 681. The molecule has 3 aromatic rings. The van der Waals surface area contributed by atoms with E-state index in [1.807, 2.05) is 24.3 Å². The van der Waals surface area contributed by atoms with Crippen molar-refractivity contribution < 1.29 is 9.21 Å². The maximum atomic E-state index is 11.9. The highest BCUT2D eigenvalue weighted by Gasteiger charge is 2.09. The standard InChI is InChI=1S/C16H12O2/c17-15(16-6-3-9-18-16)11-12-7-8-13-4-1-2-5-14(13)10-12/h1-10H,11H2. The summed E-state index contributed by atoms with van der Waals surface area (Å²) < 4.78 is 5.11. The first-order valence-corrected chi connectivity index (χ1v) is 5.87. The zero-order valence-corrected chi connectivity index (χ0v) is 9.80. The Balaban J connectivity index is 1.89. The molecule has 18 heavy (non-hydrogen) atoms. The Kier molecular flexibility index (Phi) is 2.69. The van der Waals surface area contributed by atoms with E-state index >= 15 is 0 Å². The molecule has 0 unspecified atom stereocenters. The van der Waals surface area contributed by atoms with E-state index in [0.29, 0.717) is 12.2 Å². The van der Waals surface area contributed by atoms with Crippen molar-refractivity contribution >= 4 is 16.6 Å². The summed E-state index contributed by atoms with van der Waals surface area (Å²) in [5.74, 6) is 0.429. The van der Waals surface area contributed by atoms with E-state index in [4.69, 9.17) is 4.42 Å². The predicted molar refractivity (Wildman–Crippen MR) is 70.7 cm³/mol. The van der Waals surface area contributed by atoms with Crippen molar-refractivity contribution in [1.82, 2.24) is 0 Å². The van der Waals surface area contributed by atoms with E-state index in [2.05, 4.69) is 18.2 Å². The third-order valence-electron chi connectivity index (χ3n) is 2.97. The van der Waals surface area contributed by atoms with Gasteiger partial charge in [0.05, 0.1) is 6.26 Å². The third kappa shape index (κ3) is 2.05. The molecule has 88 valence electrons. The van der Waals surface area contributed by atoms with Gasteiger partial charge >= 0.3 is 0 Å². The fourth-order valence-corrected chi connectivity index (χ4v) is 2.06. The van der Waals surface area contributed by atoms with Crippen LogP contribution in [0.4, 0.5) is 0 Å². The number of hydrogen-bond acceptors (Lipinski definition) is 2. The summed E-state index contributed by atoms with van der Waals surface area (Å²) in [6.45, 7) is 0. The van der Waals surface area contributed by atoms with Crippen LogP contribution in [0.3, 0.4) is 0 Å². The first-order chi connectivity index (χ1) is 8.83. The maximum Gasteiger partial charge on any atom is 0.202 e. The normalized spacial score (nSPS) is 10.7. The third-order valence-corrected chi connectivity index (χ3v) is 2.97. The first kappa shape index (κ1) is 10.8. The number of carbonyl (C=O) groups excluding carboxylic acids is 1. The molecule has 0 bridgehead atoms. The minimum Gasteiger partial charge on any atom is -0.461 e. The van der Waals surface area contributed by atoms with Gasteiger partial charge in [0.2, 0.25) is 5.78 Å². The van der Waals surface area contributed by atoms with Crippen LogP contribution in [-0.2, 0) is 6.42 Å². The lowest BCUT2D eigenvalue weighted by Gasteiger charge is -2.02. The number of rotatable bonds is 3. The van der Waals surface area contributed by atoms with Crippen LogP contribution in [0.1, 0.15) is 16.1 Å². The summed E-state index contributed by atoms with van der Waals surface area (Å²) in [6, 6.07) is 17.6. The van der Waals surface area contributed by atoms with Gasteiger partial charge in [-0.2, -0.15) is 0 Å². The molecule has 0 saturated heterocycles. The Hall–Kier alpha value is -2.35. The summed E-state index contributed by atoms with van der Waals surface area (Å²) >= 11 is 0. The largest absolute Gasteiger partial charge is 0.461 e. The molecular weight excluding hydrogens is 224 g/mol. The van der Waals surface area contributed by atoms with Gasteiger partial charge < -0.3 is 4.42 Å². The average molecular weight is 236 g/mol. The topological polar surface area (TPSA) is 30.2 Å². The van der Waals surface area contributed by atoms with Crippen LogP contribution in [-0.4, -0.2) is 5.78 Å². The van der Waals surface area contributed by atoms with Gasteiger partial charge in [-0.1, -0.05) is 42.5 Å². The summed E-state index contributed by atoms with van der Waals surface area (Å²) in [6.07, 6.45) is 1.89. The Morgan fingerprint density at radius 2 is 1.78 bits per heavy atom. The van der Waals surface area contributed by atoms with Crippen molar-refractivity contribution in [3.63, 3.8) is 0 Å². The zero-order chi connectivity index (χ0) is 12.4. The highest BCUT2D eigenvalue weighted by Crippen LogP contribution is 2.17. The van der Waals surface area contributed by atoms with Gasteiger partial charge in [0.1, 0.15) is 0 Å². The van der Waals surface area contributed by atoms with Gasteiger partial charge in [0, 0.05) is 6.42 Å². The zero-order valence-electron chi connectivity index (χ0n) is 9.80. The van der Waals surface area contributed by atoms with Gasteiger partial charge in [-0.15, -0.1) is 0 Å². The van der Waals surface area contributed by atoms with E-state index in [9.17, 15) is 4.79 Å². The lowest BCUT2D eigenvalue weighted by Crippen LogP contribution is -2.01. The highest BCUT2D eigenvalue weighted by atomic mass is 16.3. The molecule has 0 radical (unpaired) electrons. The van der Waals surface area contributed by atoms with Crippen molar-refractivity contribution in [1.29, 1.82) is 0 Å². The second kappa shape index (κ2) is 4.49. The second-order valence-corrected chi connectivity index (χ2v) is 4.26. The molecule has 0 spiro atoms. The van der Waals surface area contributed by atoms with Crippen LogP contribution < -0.4 is 0 Å². The van der Waals surface area contributed by atoms with Gasteiger partial charge in [-0.25, -0.2) is 0 Å². The van der Waals surface area contributed by atoms with Crippen LogP contribution in [0.15, 0.2) is 65.3 Å². The fraction of sp³-hybridized carbons (Fsp3) is 0.0625. The summed E-state index contributed by atoms with van der Waals surface area (Å²) in [5, 5.41) is 2.34. The van der Waals surface area contributed by atoms with E-state index in [-0.39, 0.29) is 5.78 Å².